The van der Waals surface area contributed by atoms with Gasteiger partial charge in [0.1, 0.15) is 0 Å². The van der Waals surface area contributed by atoms with Gasteiger partial charge in [-0.15, -0.1) is 0 Å². The lowest BCUT2D eigenvalue weighted by Crippen LogP contribution is -2.29. The van der Waals surface area contributed by atoms with E-state index in [0.29, 0.717) is 19.5 Å². The second-order valence-corrected chi connectivity index (χ2v) is 5.87. The molecule has 130 valence electrons. The molecule has 0 saturated heterocycles. The zero-order valence-corrected chi connectivity index (χ0v) is 14.5. The Morgan fingerprint density at radius 3 is 2.80 bits per heavy atom. The van der Waals surface area contributed by atoms with E-state index >= 15 is 0 Å². The Bertz CT molecular complexity index is 828. The van der Waals surface area contributed by atoms with Crippen molar-refractivity contribution in [1.29, 1.82) is 5.26 Å². The van der Waals surface area contributed by atoms with Crippen molar-refractivity contribution < 1.29 is 9.59 Å². The molecular weight excluding hydrogens is 316 g/mol. The number of fused-ring (bicyclic) bond motifs is 1. The van der Waals surface area contributed by atoms with E-state index < -0.39 is 0 Å². The summed E-state index contributed by atoms with van der Waals surface area (Å²) in [5.41, 5.74) is 1.96. The summed E-state index contributed by atoms with van der Waals surface area (Å²) in [6.07, 6.45) is 5.88. The van der Waals surface area contributed by atoms with E-state index in [0.717, 1.165) is 16.5 Å². The smallest absolute Gasteiger partial charge is 0.244 e. The number of amides is 2. The van der Waals surface area contributed by atoms with Crippen LogP contribution in [0.15, 0.2) is 36.5 Å². The zero-order chi connectivity index (χ0) is 18.2. The third kappa shape index (κ3) is 4.95. The van der Waals surface area contributed by atoms with Gasteiger partial charge in [-0.3, -0.25) is 9.59 Å². The van der Waals surface area contributed by atoms with Crippen LogP contribution >= 0.6 is 0 Å². The normalized spacial score (nSPS) is 10.8. The number of hydrogen-bond donors (Lipinski definition) is 1. The minimum absolute atomic E-state index is 0.0233. The Kier molecular flexibility index (Phi) is 6.35. The van der Waals surface area contributed by atoms with E-state index in [1.54, 1.807) is 20.2 Å². The molecule has 0 aliphatic carbocycles. The Labute approximate surface area is 147 Å². The summed E-state index contributed by atoms with van der Waals surface area (Å²) >= 11 is 0. The van der Waals surface area contributed by atoms with E-state index in [2.05, 4.69) is 11.4 Å². The Morgan fingerprint density at radius 1 is 1.32 bits per heavy atom. The molecule has 0 spiro atoms. The predicted octanol–water partition coefficient (Wildman–Crippen LogP) is 2.16. The SMILES string of the molecule is CN(C)C(=O)CCNC(=O)C=Cc1cn(CCC#N)c2ccccc12. The molecule has 6 heteroatoms. The maximum Gasteiger partial charge on any atom is 0.244 e. The van der Waals surface area contributed by atoms with Gasteiger partial charge in [0, 0.05) is 62.3 Å². The van der Waals surface area contributed by atoms with E-state index in [-0.39, 0.29) is 18.2 Å². The molecule has 2 aromatic rings. The second kappa shape index (κ2) is 8.69. The molecule has 2 amide bonds. The van der Waals surface area contributed by atoms with E-state index in [9.17, 15) is 9.59 Å². The van der Waals surface area contributed by atoms with Crippen LogP contribution in [0.4, 0.5) is 0 Å². The fourth-order valence-electron chi connectivity index (χ4n) is 2.50. The molecule has 25 heavy (non-hydrogen) atoms. The highest BCUT2D eigenvalue weighted by atomic mass is 16.2. The summed E-state index contributed by atoms with van der Waals surface area (Å²) in [6, 6.07) is 10.0. The highest BCUT2D eigenvalue weighted by Gasteiger charge is 2.07. The number of aryl methyl sites for hydroxylation is 1. The van der Waals surface area contributed by atoms with Gasteiger partial charge >= 0.3 is 0 Å². The number of rotatable bonds is 7. The molecule has 0 fully saturated rings. The summed E-state index contributed by atoms with van der Waals surface area (Å²) in [5, 5.41) is 12.5. The molecule has 1 heterocycles. The van der Waals surface area contributed by atoms with Gasteiger partial charge in [0.2, 0.25) is 11.8 Å². The monoisotopic (exact) mass is 338 g/mol. The molecule has 0 aliphatic rings. The first-order valence-corrected chi connectivity index (χ1v) is 8.14. The molecule has 0 unspecified atom stereocenters. The first kappa shape index (κ1) is 18.3. The topological polar surface area (TPSA) is 78.1 Å². The fourth-order valence-corrected chi connectivity index (χ4v) is 2.50. The maximum absolute atomic E-state index is 11.9. The predicted molar refractivity (Wildman–Crippen MR) is 97.5 cm³/mol. The number of carbonyl (C=O) groups is 2. The Morgan fingerprint density at radius 2 is 2.08 bits per heavy atom. The third-order valence-corrected chi connectivity index (χ3v) is 3.84. The number of benzene rings is 1. The van der Waals surface area contributed by atoms with Crippen LogP contribution in [0.3, 0.4) is 0 Å². The lowest BCUT2D eigenvalue weighted by atomic mass is 10.1. The maximum atomic E-state index is 11.9. The molecule has 0 aliphatic heterocycles. The van der Waals surface area contributed by atoms with Gasteiger partial charge in [-0.2, -0.15) is 5.26 Å². The van der Waals surface area contributed by atoms with Crippen molar-refractivity contribution in [2.24, 2.45) is 0 Å². The number of aromatic nitrogens is 1. The van der Waals surface area contributed by atoms with Gasteiger partial charge in [0.25, 0.3) is 0 Å². The molecule has 0 radical (unpaired) electrons. The number of nitrogens with zero attached hydrogens (tertiary/aromatic N) is 3. The molecule has 6 nitrogen and oxygen atoms in total. The van der Waals surface area contributed by atoms with Crippen molar-refractivity contribution in [2.75, 3.05) is 20.6 Å². The van der Waals surface area contributed by atoms with Crippen molar-refractivity contribution in [2.45, 2.75) is 19.4 Å². The summed E-state index contributed by atoms with van der Waals surface area (Å²) in [7, 11) is 3.37. The Balaban J connectivity index is 2.04. The van der Waals surface area contributed by atoms with Crippen molar-refractivity contribution >= 4 is 28.8 Å². The number of nitriles is 1. The summed E-state index contributed by atoms with van der Waals surface area (Å²) in [6.45, 7) is 0.924. The molecule has 0 saturated carbocycles. The Hall–Kier alpha value is -3.07. The van der Waals surface area contributed by atoms with Crippen molar-refractivity contribution in [3.63, 3.8) is 0 Å². The average Bonchev–Trinajstić information content (AvgIpc) is 2.96. The van der Waals surface area contributed by atoms with Crippen LogP contribution in [-0.4, -0.2) is 41.9 Å². The van der Waals surface area contributed by atoms with Gasteiger partial charge in [-0.25, -0.2) is 0 Å². The fraction of sp³-hybridized carbons (Fsp3) is 0.316. The largest absolute Gasteiger partial charge is 0.352 e. The lowest BCUT2D eigenvalue weighted by molar-refractivity contribution is -0.128. The number of hydrogen-bond acceptors (Lipinski definition) is 3. The molecule has 0 bridgehead atoms. The van der Waals surface area contributed by atoms with Crippen LogP contribution in [0, 0.1) is 11.3 Å². The number of nitrogens with one attached hydrogen (secondary N) is 1. The van der Waals surface area contributed by atoms with Gasteiger partial charge in [0.05, 0.1) is 12.5 Å². The third-order valence-electron chi connectivity index (χ3n) is 3.84. The second-order valence-electron chi connectivity index (χ2n) is 5.87. The molecule has 1 aromatic heterocycles. The summed E-state index contributed by atoms with van der Waals surface area (Å²) < 4.78 is 2.02. The van der Waals surface area contributed by atoms with Crippen LogP contribution in [0.1, 0.15) is 18.4 Å². The van der Waals surface area contributed by atoms with Crippen molar-refractivity contribution in [3.8, 4) is 6.07 Å². The molecule has 1 aromatic carbocycles. The lowest BCUT2D eigenvalue weighted by Gasteiger charge is -2.09. The zero-order valence-electron chi connectivity index (χ0n) is 14.5. The van der Waals surface area contributed by atoms with Crippen LogP contribution in [0.5, 0.6) is 0 Å². The van der Waals surface area contributed by atoms with Crippen LogP contribution < -0.4 is 5.32 Å². The minimum atomic E-state index is -0.236. The van der Waals surface area contributed by atoms with Crippen LogP contribution in [0.2, 0.25) is 0 Å². The van der Waals surface area contributed by atoms with Crippen LogP contribution in [0.25, 0.3) is 17.0 Å². The summed E-state index contributed by atoms with van der Waals surface area (Å²) in [4.78, 5) is 24.9. The van der Waals surface area contributed by atoms with Crippen LogP contribution in [-0.2, 0) is 16.1 Å². The molecular formula is C19H22N4O2. The number of para-hydroxylation sites is 1. The van der Waals surface area contributed by atoms with Gasteiger partial charge in [-0.05, 0) is 12.1 Å². The average molecular weight is 338 g/mol. The quantitative estimate of drug-likeness (QED) is 0.786. The van der Waals surface area contributed by atoms with E-state index in [4.69, 9.17) is 5.26 Å². The van der Waals surface area contributed by atoms with Crippen molar-refractivity contribution in [3.05, 3.63) is 42.1 Å². The summed E-state index contributed by atoms with van der Waals surface area (Å²) in [5.74, 6) is -0.259. The van der Waals surface area contributed by atoms with E-state index in [1.165, 1.54) is 11.0 Å². The standard InChI is InChI=1S/C19H22N4O2/c1-22(2)19(25)10-12-21-18(24)9-8-15-14-23(13-5-11-20)17-7-4-3-6-16(15)17/h3-4,6-9,14H,5,10,12-13H2,1-2H3,(H,21,24). The minimum Gasteiger partial charge on any atom is -0.352 e. The highest BCUT2D eigenvalue weighted by molar-refractivity contribution is 5.96. The number of carbonyl (C=O) groups excluding carboxylic acids is 2. The molecule has 0 atom stereocenters. The van der Waals surface area contributed by atoms with Gasteiger partial charge in [0.15, 0.2) is 0 Å². The van der Waals surface area contributed by atoms with Gasteiger partial charge < -0.3 is 14.8 Å². The molecule has 1 N–H and O–H groups in total. The first-order chi connectivity index (χ1) is 12.0. The molecule has 2 rings (SSSR count). The van der Waals surface area contributed by atoms with E-state index in [1.807, 2.05) is 35.0 Å². The first-order valence-electron chi connectivity index (χ1n) is 8.14. The van der Waals surface area contributed by atoms with Crippen molar-refractivity contribution in [1.82, 2.24) is 14.8 Å². The van der Waals surface area contributed by atoms with Gasteiger partial charge in [-0.1, -0.05) is 18.2 Å². The highest BCUT2D eigenvalue weighted by Crippen LogP contribution is 2.22.